The minimum absolute atomic E-state index is 0.0649. The van der Waals surface area contributed by atoms with Crippen LogP contribution in [0.4, 0.5) is 5.69 Å². The van der Waals surface area contributed by atoms with E-state index in [1.807, 2.05) is 31.2 Å². The van der Waals surface area contributed by atoms with Gasteiger partial charge < -0.3 is 18.6 Å². The molecule has 0 fully saturated rings. The number of nitrogens with zero attached hydrogens (tertiary/aromatic N) is 3. The van der Waals surface area contributed by atoms with E-state index in [4.69, 9.17) is 18.6 Å². The number of nitro groups is 1. The van der Waals surface area contributed by atoms with E-state index < -0.39 is 16.6 Å². The zero-order valence-corrected chi connectivity index (χ0v) is 15.3. The first kappa shape index (κ1) is 18.4. The van der Waals surface area contributed by atoms with Gasteiger partial charge in [-0.1, -0.05) is 17.7 Å². The maximum atomic E-state index is 12.4. The molecule has 0 saturated carbocycles. The summed E-state index contributed by atoms with van der Waals surface area (Å²) in [6.07, 6.45) is 0. The van der Waals surface area contributed by atoms with E-state index in [-0.39, 0.29) is 48.7 Å². The summed E-state index contributed by atoms with van der Waals surface area (Å²) in [6, 6.07) is 9.86. The van der Waals surface area contributed by atoms with Gasteiger partial charge in [-0.15, -0.1) is 10.2 Å². The summed E-state index contributed by atoms with van der Waals surface area (Å²) in [6.45, 7) is 2.16. The minimum Gasteiger partial charge on any atom is -0.486 e. The van der Waals surface area contributed by atoms with E-state index in [2.05, 4.69) is 10.2 Å². The van der Waals surface area contributed by atoms with Gasteiger partial charge in [0.1, 0.15) is 18.8 Å². The number of rotatable bonds is 5. The molecule has 0 aliphatic carbocycles. The van der Waals surface area contributed by atoms with Crippen molar-refractivity contribution < 1.29 is 28.3 Å². The number of benzene rings is 2. The van der Waals surface area contributed by atoms with Crippen molar-refractivity contribution in [2.24, 2.45) is 0 Å². The second kappa shape index (κ2) is 7.58. The molecular formula is C19H15N3O7. The Morgan fingerprint density at radius 3 is 2.66 bits per heavy atom. The van der Waals surface area contributed by atoms with Gasteiger partial charge in [0.15, 0.2) is 18.1 Å². The number of fused-ring (bicyclic) bond motifs is 1. The van der Waals surface area contributed by atoms with Gasteiger partial charge in [-0.3, -0.25) is 10.1 Å². The van der Waals surface area contributed by atoms with Crippen molar-refractivity contribution in [3.63, 3.8) is 0 Å². The van der Waals surface area contributed by atoms with Crippen LogP contribution in [0.1, 0.15) is 21.8 Å². The molecule has 0 amide bonds. The Morgan fingerprint density at radius 1 is 1.17 bits per heavy atom. The Balaban J connectivity index is 1.51. The quantitative estimate of drug-likeness (QED) is 0.362. The topological polar surface area (TPSA) is 127 Å². The van der Waals surface area contributed by atoms with E-state index in [1.165, 1.54) is 6.07 Å². The molecule has 0 bridgehead atoms. The largest absolute Gasteiger partial charge is 0.486 e. The van der Waals surface area contributed by atoms with Crippen LogP contribution in [0.15, 0.2) is 40.8 Å². The van der Waals surface area contributed by atoms with E-state index in [1.54, 1.807) is 0 Å². The van der Waals surface area contributed by atoms with E-state index in [9.17, 15) is 14.9 Å². The molecule has 0 N–H and O–H groups in total. The van der Waals surface area contributed by atoms with E-state index in [0.717, 1.165) is 17.2 Å². The lowest BCUT2D eigenvalue weighted by Gasteiger charge is -2.18. The van der Waals surface area contributed by atoms with Gasteiger partial charge in [-0.05, 0) is 19.1 Å². The number of carbonyl (C=O) groups excluding carboxylic acids is 1. The van der Waals surface area contributed by atoms with Crippen molar-refractivity contribution in [2.45, 2.75) is 13.5 Å². The van der Waals surface area contributed by atoms with E-state index >= 15 is 0 Å². The molecule has 1 aliphatic heterocycles. The summed E-state index contributed by atoms with van der Waals surface area (Å²) in [7, 11) is 0. The third-order valence-electron chi connectivity index (χ3n) is 4.14. The highest BCUT2D eigenvalue weighted by molar-refractivity contribution is 5.95. The van der Waals surface area contributed by atoms with Crippen LogP contribution in [-0.4, -0.2) is 34.3 Å². The van der Waals surface area contributed by atoms with Crippen LogP contribution >= 0.6 is 0 Å². The zero-order chi connectivity index (χ0) is 20.4. The zero-order valence-electron chi connectivity index (χ0n) is 15.3. The summed E-state index contributed by atoms with van der Waals surface area (Å²) in [5.74, 6) is -0.114. The third kappa shape index (κ3) is 3.86. The first-order valence-electron chi connectivity index (χ1n) is 8.66. The Morgan fingerprint density at radius 2 is 1.93 bits per heavy atom. The number of aromatic nitrogens is 2. The van der Waals surface area contributed by atoms with Crippen LogP contribution in [-0.2, 0) is 11.3 Å². The molecule has 2 heterocycles. The predicted octanol–water partition coefficient (Wildman–Crippen LogP) is 3.08. The molecule has 10 heteroatoms. The van der Waals surface area contributed by atoms with Crippen LogP contribution in [0.3, 0.4) is 0 Å². The summed E-state index contributed by atoms with van der Waals surface area (Å²) < 4.78 is 21.3. The lowest BCUT2D eigenvalue weighted by Crippen LogP contribution is -2.17. The van der Waals surface area contributed by atoms with Crippen LogP contribution in [0.2, 0.25) is 0 Å². The second-order valence-corrected chi connectivity index (χ2v) is 6.22. The molecule has 2 aromatic carbocycles. The lowest BCUT2D eigenvalue weighted by atomic mass is 10.1. The summed E-state index contributed by atoms with van der Waals surface area (Å²) in [4.78, 5) is 23.1. The van der Waals surface area contributed by atoms with Gasteiger partial charge in [-0.25, -0.2) is 4.79 Å². The van der Waals surface area contributed by atoms with Crippen LogP contribution in [0.5, 0.6) is 11.5 Å². The molecule has 4 rings (SSSR count). The Hall–Kier alpha value is -3.95. The van der Waals surface area contributed by atoms with Gasteiger partial charge in [0, 0.05) is 11.6 Å². The number of hydrogen-bond donors (Lipinski definition) is 0. The normalized spacial score (nSPS) is 12.4. The Labute approximate surface area is 164 Å². The first-order valence-corrected chi connectivity index (χ1v) is 8.66. The van der Waals surface area contributed by atoms with Gasteiger partial charge in [0.25, 0.3) is 11.6 Å². The van der Waals surface area contributed by atoms with Crippen molar-refractivity contribution in [1.82, 2.24) is 10.2 Å². The molecule has 1 aromatic heterocycles. The van der Waals surface area contributed by atoms with Gasteiger partial charge in [0.05, 0.1) is 11.0 Å². The van der Waals surface area contributed by atoms with Crippen LogP contribution in [0, 0.1) is 17.0 Å². The monoisotopic (exact) mass is 397 g/mol. The maximum absolute atomic E-state index is 12.4. The SMILES string of the molecule is Cc1cccc(-c2nnc(COC(=O)c3cc4c(cc3[N+](=O)[O-])OCCO4)o2)c1. The van der Waals surface area contributed by atoms with Crippen LogP contribution in [0.25, 0.3) is 11.5 Å². The summed E-state index contributed by atoms with van der Waals surface area (Å²) in [5, 5.41) is 19.1. The van der Waals surface area contributed by atoms with Crippen molar-refractivity contribution >= 4 is 11.7 Å². The molecule has 0 spiro atoms. The smallest absolute Gasteiger partial charge is 0.345 e. The number of aryl methyl sites for hydroxylation is 1. The fourth-order valence-corrected chi connectivity index (χ4v) is 2.80. The Bertz CT molecular complexity index is 1090. The Kier molecular flexibility index (Phi) is 4.82. The van der Waals surface area contributed by atoms with Crippen LogP contribution < -0.4 is 9.47 Å². The molecule has 148 valence electrons. The number of nitro benzene ring substituents is 1. The van der Waals surface area contributed by atoms with Gasteiger partial charge >= 0.3 is 5.97 Å². The van der Waals surface area contributed by atoms with Gasteiger partial charge in [-0.2, -0.15) is 0 Å². The maximum Gasteiger partial charge on any atom is 0.345 e. The predicted molar refractivity (Wildman–Crippen MR) is 97.7 cm³/mol. The van der Waals surface area contributed by atoms with E-state index in [0.29, 0.717) is 0 Å². The molecule has 0 unspecified atom stereocenters. The molecule has 3 aromatic rings. The standard InChI is InChI=1S/C19H15N3O7/c1-11-3-2-4-12(7-11)18-21-20-17(29-18)10-28-19(23)13-8-15-16(27-6-5-26-15)9-14(13)22(24)25/h2-4,7-9H,5-6,10H2,1H3. The minimum atomic E-state index is -0.913. The molecule has 29 heavy (non-hydrogen) atoms. The molecule has 1 aliphatic rings. The van der Waals surface area contributed by atoms with Crippen molar-refractivity contribution in [3.05, 3.63) is 63.5 Å². The number of carbonyl (C=O) groups is 1. The summed E-state index contributed by atoms with van der Waals surface area (Å²) in [5.41, 5.74) is 1.07. The highest BCUT2D eigenvalue weighted by Crippen LogP contribution is 2.37. The highest BCUT2D eigenvalue weighted by Gasteiger charge is 2.27. The second-order valence-electron chi connectivity index (χ2n) is 6.22. The molecule has 10 nitrogen and oxygen atoms in total. The fourth-order valence-electron chi connectivity index (χ4n) is 2.80. The van der Waals surface area contributed by atoms with Crippen molar-refractivity contribution in [2.75, 3.05) is 13.2 Å². The number of esters is 1. The lowest BCUT2D eigenvalue weighted by molar-refractivity contribution is -0.385. The molecule has 0 atom stereocenters. The summed E-state index contributed by atoms with van der Waals surface area (Å²) >= 11 is 0. The highest BCUT2D eigenvalue weighted by atomic mass is 16.6. The first-order chi connectivity index (χ1) is 14.0. The molecule has 0 radical (unpaired) electrons. The number of hydrogen-bond acceptors (Lipinski definition) is 9. The average molecular weight is 397 g/mol. The van der Waals surface area contributed by atoms with Crippen molar-refractivity contribution in [1.29, 1.82) is 0 Å². The molecular weight excluding hydrogens is 382 g/mol. The van der Waals surface area contributed by atoms with Gasteiger partial charge in [0.2, 0.25) is 5.89 Å². The number of ether oxygens (including phenoxy) is 3. The average Bonchev–Trinajstić information content (AvgIpc) is 3.20. The fraction of sp³-hybridized carbons (Fsp3) is 0.211. The van der Waals surface area contributed by atoms with Crippen molar-refractivity contribution in [3.8, 4) is 23.0 Å². The molecule has 0 saturated heterocycles. The third-order valence-corrected chi connectivity index (χ3v) is 4.14.